The quantitative estimate of drug-likeness (QED) is 0.630. The minimum atomic E-state index is -1.08. The standard InChI is InChI=1S/C12H13NO5/c14-7-3-4-8(9(15)5-7)11(16)13-10(12(17)18)6-1-2-6/h3-6,10,14-15H,1-2H2,(H,13,16)(H,17,18). The van der Waals surface area contributed by atoms with Gasteiger partial charge < -0.3 is 20.6 Å². The second-order valence-electron chi connectivity index (χ2n) is 4.33. The van der Waals surface area contributed by atoms with Gasteiger partial charge in [0.2, 0.25) is 0 Å². The predicted molar refractivity (Wildman–Crippen MR) is 61.4 cm³/mol. The highest BCUT2D eigenvalue weighted by Gasteiger charge is 2.37. The van der Waals surface area contributed by atoms with Crippen molar-refractivity contribution in [1.82, 2.24) is 5.32 Å². The largest absolute Gasteiger partial charge is 0.508 e. The SMILES string of the molecule is O=C(NC(C(=O)O)C1CC1)c1ccc(O)cc1O. The zero-order chi connectivity index (χ0) is 13.3. The summed E-state index contributed by atoms with van der Waals surface area (Å²) in [6.07, 6.45) is 1.55. The molecule has 18 heavy (non-hydrogen) atoms. The van der Waals surface area contributed by atoms with Crippen molar-refractivity contribution in [2.45, 2.75) is 18.9 Å². The number of carboxylic acids is 1. The molecule has 6 nitrogen and oxygen atoms in total. The molecule has 0 saturated heterocycles. The van der Waals surface area contributed by atoms with Gasteiger partial charge in [0.05, 0.1) is 5.56 Å². The van der Waals surface area contributed by atoms with Gasteiger partial charge in [0.15, 0.2) is 0 Å². The van der Waals surface area contributed by atoms with E-state index < -0.39 is 17.9 Å². The lowest BCUT2D eigenvalue weighted by Gasteiger charge is -2.14. The summed E-state index contributed by atoms with van der Waals surface area (Å²) in [5.74, 6) is -2.32. The summed E-state index contributed by atoms with van der Waals surface area (Å²) in [6, 6.07) is 2.60. The zero-order valence-electron chi connectivity index (χ0n) is 9.46. The molecule has 0 heterocycles. The first-order chi connectivity index (χ1) is 8.49. The summed E-state index contributed by atoms with van der Waals surface area (Å²) in [5, 5.41) is 30.0. The maximum atomic E-state index is 11.8. The Hall–Kier alpha value is -2.24. The average Bonchev–Trinajstić information content (AvgIpc) is 3.08. The van der Waals surface area contributed by atoms with Crippen LogP contribution in [0.15, 0.2) is 18.2 Å². The fourth-order valence-corrected chi connectivity index (χ4v) is 1.74. The van der Waals surface area contributed by atoms with E-state index in [4.69, 9.17) is 10.2 Å². The smallest absolute Gasteiger partial charge is 0.326 e. The van der Waals surface area contributed by atoms with Crippen LogP contribution >= 0.6 is 0 Å². The maximum Gasteiger partial charge on any atom is 0.326 e. The maximum absolute atomic E-state index is 11.8. The van der Waals surface area contributed by atoms with Gasteiger partial charge in [0.1, 0.15) is 17.5 Å². The topological polar surface area (TPSA) is 107 Å². The minimum absolute atomic E-state index is 0.0364. The molecule has 1 unspecified atom stereocenters. The van der Waals surface area contributed by atoms with Crippen molar-refractivity contribution in [3.63, 3.8) is 0 Å². The molecule has 96 valence electrons. The molecule has 1 aromatic rings. The molecule has 1 saturated carbocycles. The molecule has 0 spiro atoms. The Morgan fingerprint density at radius 1 is 1.28 bits per heavy atom. The van der Waals surface area contributed by atoms with Gasteiger partial charge in [-0.1, -0.05) is 0 Å². The number of rotatable bonds is 4. The van der Waals surface area contributed by atoms with Crippen LogP contribution in [0.5, 0.6) is 11.5 Å². The fourth-order valence-electron chi connectivity index (χ4n) is 1.74. The van der Waals surface area contributed by atoms with Crippen LogP contribution in [0, 0.1) is 5.92 Å². The number of benzene rings is 1. The number of phenolic OH excluding ortho intramolecular Hbond substituents is 2. The number of carbonyl (C=O) groups is 2. The van der Waals surface area contributed by atoms with Crippen LogP contribution in [0.2, 0.25) is 0 Å². The van der Waals surface area contributed by atoms with Gasteiger partial charge in [0, 0.05) is 6.07 Å². The Morgan fingerprint density at radius 3 is 2.44 bits per heavy atom. The summed E-state index contributed by atoms with van der Waals surface area (Å²) in [6.45, 7) is 0. The third kappa shape index (κ3) is 2.53. The molecule has 1 amide bonds. The number of carbonyl (C=O) groups excluding carboxylic acids is 1. The summed E-state index contributed by atoms with van der Waals surface area (Å²) < 4.78 is 0. The van der Waals surface area contributed by atoms with Crippen molar-refractivity contribution in [3.8, 4) is 11.5 Å². The second-order valence-corrected chi connectivity index (χ2v) is 4.33. The fraction of sp³-hybridized carbons (Fsp3) is 0.333. The lowest BCUT2D eigenvalue weighted by atomic mass is 10.1. The number of nitrogens with one attached hydrogen (secondary N) is 1. The number of amides is 1. The van der Waals surface area contributed by atoms with Crippen LogP contribution < -0.4 is 5.32 Å². The number of aromatic hydroxyl groups is 2. The summed E-state index contributed by atoms with van der Waals surface area (Å²) in [4.78, 5) is 22.8. The Labute approximate surface area is 103 Å². The Balaban J connectivity index is 2.13. The van der Waals surface area contributed by atoms with E-state index in [1.807, 2.05) is 0 Å². The van der Waals surface area contributed by atoms with E-state index in [0.29, 0.717) is 0 Å². The van der Waals surface area contributed by atoms with Gasteiger partial charge in [-0.3, -0.25) is 4.79 Å². The van der Waals surface area contributed by atoms with Crippen LogP contribution in [-0.4, -0.2) is 33.2 Å². The Morgan fingerprint density at radius 2 is 1.94 bits per heavy atom. The Bertz CT molecular complexity index is 495. The molecule has 6 heteroatoms. The third-order valence-corrected chi connectivity index (χ3v) is 2.87. The van der Waals surface area contributed by atoms with Crippen LogP contribution in [0.3, 0.4) is 0 Å². The van der Waals surface area contributed by atoms with Crippen LogP contribution in [0.1, 0.15) is 23.2 Å². The van der Waals surface area contributed by atoms with E-state index in [1.54, 1.807) is 0 Å². The number of hydrogen-bond donors (Lipinski definition) is 4. The van der Waals surface area contributed by atoms with Crippen molar-refractivity contribution in [2.24, 2.45) is 5.92 Å². The lowest BCUT2D eigenvalue weighted by molar-refractivity contribution is -0.139. The average molecular weight is 251 g/mol. The monoisotopic (exact) mass is 251 g/mol. The van der Waals surface area contributed by atoms with E-state index in [-0.39, 0.29) is 23.0 Å². The van der Waals surface area contributed by atoms with Crippen molar-refractivity contribution in [2.75, 3.05) is 0 Å². The van der Waals surface area contributed by atoms with Gasteiger partial charge in [-0.15, -0.1) is 0 Å². The molecular formula is C12H13NO5. The van der Waals surface area contributed by atoms with E-state index in [0.717, 1.165) is 18.9 Å². The summed E-state index contributed by atoms with van der Waals surface area (Å²) in [5.41, 5.74) is -0.0558. The molecule has 1 fully saturated rings. The van der Waals surface area contributed by atoms with E-state index in [1.165, 1.54) is 12.1 Å². The normalized spacial score (nSPS) is 16.0. The predicted octanol–water partition coefficient (Wildman–Crippen LogP) is 0.691. The van der Waals surface area contributed by atoms with Crippen molar-refractivity contribution >= 4 is 11.9 Å². The number of hydrogen-bond acceptors (Lipinski definition) is 4. The van der Waals surface area contributed by atoms with Gasteiger partial charge in [-0.2, -0.15) is 0 Å². The van der Waals surface area contributed by atoms with Crippen LogP contribution in [0.4, 0.5) is 0 Å². The van der Waals surface area contributed by atoms with E-state index in [2.05, 4.69) is 5.32 Å². The third-order valence-electron chi connectivity index (χ3n) is 2.87. The lowest BCUT2D eigenvalue weighted by Crippen LogP contribution is -2.42. The van der Waals surface area contributed by atoms with Gasteiger partial charge in [0.25, 0.3) is 5.91 Å². The second kappa shape index (κ2) is 4.56. The zero-order valence-corrected chi connectivity index (χ0v) is 9.46. The van der Waals surface area contributed by atoms with Crippen molar-refractivity contribution in [1.29, 1.82) is 0 Å². The number of carboxylic acid groups (broad SMARTS) is 1. The van der Waals surface area contributed by atoms with Gasteiger partial charge in [-0.05, 0) is 30.9 Å². The molecule has 4 N–H and O–H groups in total. The van der Waals surface area contributed by atoms with Gasteiger partial charge in [-0.25, -0.2) is 4.79 Å². The number of phenols is 2. The van der Waals surface area contributed by atoms with Crippen LogP contribution in [-0.2, 0) is 4.79 Å². The molecule has 1 aliphatic rings. The molecule has 0 radical (unpaired) electrons. The summed E-state index contributed by atoms with van der Waals surface area (Å²) >= 11 is 0. The molecule has 0 aliphatic heterocycles. The molecule has 1 aromatic carbocycles. The molecule has 2 rings (SSSR count). The first-order valence-electron chi connectivity index (χ1n) is 5.54. The molecule has 1 atom stereocenters. The van der Waals surface area contributed by atoms with E-state index in [9.17, 15) is 14.7 Å². The Kier molecular flexibility index (Phi) is 3.10. The van der Waals surface area contributed by atoms with Crippen molar-refractivity contribution in [3.05, 3.63) is 23.8 Å². The van der Waals surface area contributed by atoms with Gasteiger partial charge >= 0.3 is 5.97 Å². The van der Waals surface area contributed by atoms with Crippen molar-refractivity contribution < 1.29 is 24.9 Å². The highest BCUT2D eigenvalue weighted by atomic mass is 16.4. The van der Waals surface area contributed by atoms with E-state index >= 15 is 0 Å². The first kappa shape index (κ1) is 12.2. The molecule has 1 aliphatic carbocycles. The number of aliphatic carboxylic acids is 1. The highest BCUT2D eigenvalue weighted by molar-refractivity contribution is 5.99. The highest BCUT2D eigenvalue weighted by Crippen LogP contribution is 2.33. The molecule has 0 bridgehead atoms. The minimum Gasteiger partial charge on any atom is -0.508 e. The summed E-state index contributed by atoms with van der Waals surface area (Å²) in [7, 11) is 0. The molecule has 0 aromatic heterocycles. The van der Waals surface area contributed by atoms with Crippen LogP contribution in [0.25, 0.3) is 0 Å². The first-order valence-corrected chi connectivity index (χ1v) is 5.54. The molecular weight excluding hydrogens is 238 g/mol.